The second-order valence-electron chi connectivity index (χ2n) is 8.06. The van der Waals surface area contributed by atoms with Crippen molar-refractivity contribution in [1.29, 1.82) is 0 Å². The number of halogens is 1. The number of rotatable bonds is 5. The Balaban J connectivity index is 0.00000338. The van der Waals surface area contributed by atoms with Gasteiger partial charge in [0.1, 0.15) is 0 Å². The zero-order valence-corrected chi connectivity index (χ0v) is 19.7. The molecular weight excluding hydrogens is 463 g/mol. The summed E-state index contributed by atoms with van der Waals surface area (Å²) in [4.78, 5) is 18.8. The van der Waals surface area contributed by atoms with Crippen molar-refractivity contribution in [3.63, 3.8) is 0 Å². The van der Waals surface area contributed by atoms with Crippen LogP contribution in [0.15, 0.2) is 4.99 Å². The van der Waals surface area contributed by atoms with E-state index in [1.165, 1.54) is 12.8 Å². The topological polar surface area (TPSA) is 73.8 Å². The van der Waals surface area contributed by atoms with Gasteiger partial charge in [0.25, 0.3) is 0 Å². The summed E-state index contributed by atoms with van der Waals surface area (Å²) in [6.45, 7) is 8.18. The van der Waals surface area contributed by atoms with Crippen LogP contribution in [0.3, 0.4) is 0 Å². The van der Waals surface area contributed by atoms with Crippen LogP contribution in [0.1, 0.15) is 52.9 Å². The van der Waals surface area contributed by atoms with Crippen molar-refractivity contribution in [3.05, 3.63) is 0 Å². The first-order chi connectivity index (χ1) is 11.8. The monoisotopic (exact) mass is 498 g/mol. The molecule has 1 aliphatic carbocycles. The molecule has 2 atom stereocenters. The molecule has 0 radical (unpaired) electrons. The lowest BCUT2D eigenvalue weighted by Gasteiger charge is -2.22. The first-order valence-electron chi connectivity index (χ1n) is 9.45. The molecule has 8 heteroatoms. The summed E-state index contributed by atoms with van der Waals surface area (Å²) in [5.41, 5.74) is 0. The van der Waals surface area contributed by atoms with Crippen molar-refractivity contribution in [2.45, 2.75) is 63.7 Å². The largest absolute Gasteiger partial charge is 0.355 e. The van der Waals surface area contributed by atoms with Crippen LogP contribution in [0.5, 0.6) is 0 Å². The van der Waals surface area contributed by atoms with E-state index in [0.717, 1.165) is 38.3 Å². The molecule has 0 bridgehead atoms. The molecule has 2 rings (SSSR count). The Morgan fingerprint density at radius 2 is 1.88 bits per heavy atom. The molecule has 0 spiro atoms. The molecule has 26 heavy (non-hydrogen) atoms. The fraction of sp³-hybridized carbons (Fsp3) is 0.889. The minimum Gasteiger partial charge on any atom is -0.355 e. The minimum atomic E-state index is -0.871. The molecule has 1 amide bonds. The quantitative estimate of drug-likeness (QED) is 0.346. The van der Waals surface area contributed by atoms with E-state index in [1.54, 1.807) is 7.05 Å². The van der Waals surface area contributed by atoms with Crippen LogP contribution in [0.25, 0.3) is 0 Å². The number of amides is 1. The highest BCUT2D eigenvalue weighted by atomic mass is 127. The number of carbonyl (C=O) groups is 1. The van der Waals surface area contributed by atoms with E-state index in [1.807, 2.05) is 25.7 Å². The Morgan fingerprint density at radius 3 is 2.46 bits per heavy atom. The molecule has 1 aliphatic heterocycles. The van der Waals surface area contributed by atoms with Crippen LogP contribution in [0.4, 0.5) is 0 Å². The summed E-state index contributed by atoms with van der Waals surface area (Å²) in [6, 6.07) is 0.240. The molecule has 1 saturated carbocycles. The van der Waals surface area contributed by atoms with Crippen LogP contribution in [0.2, 0.25) is 0 Å². The van der Waals surface area contributed by atoms with Crippen LogP contribution < -0.4 is 10.6 Å². The highest BCUT2D eigenvalue weighted by Crippen LogP contribution is 2.27. The lowest BCUT2D eigenvalue weighted by molar-refractivity contribution is -0.134. The van der Waals surface area contributed by atoms with Crippen LogP contribution >= 0.6 is 24.0 Å². The SMILES string of the molecule is CN=C(NCCS(=O)C(C)(C)C)NC1CCN(C(=O)C2CCCC2)C1.I. The molecule has 1 saturated heterocycles. The fourth-order valence-corrected chi connectivity index (χ4v) is 4.37. The van der Waals surface area contributed by atoms with Gasteiger partial charge < -0.3 is 15.5 Å². The summed E-state index contributed by atoms with van der Waals surface area (Å²) >= 11 is 0. The van der Waals surface area contributed by atoms with Gasteiger partial charge in [0.2, 0.25) is 5.91 Å². The van der Waals surface area contributed by atoms with Crippen molar-refractivity contribution in [2.75, 3.05) is 32.4 Å². The van der Waals surface area contributed by atoms with Gasteiger partial charge in [0.05, 0.1) is 0 Å². The lowest BCUT2D eigenvalue weighted by atomic mass is 10.1. The van der Waals surface area contributed by atoms with Crippen LogP contribution in [-0.4, -0.2) is 64.2 Å². The molecule has 2 aliphatic rings. The molecule has 0 aromatic rings. The number of nitrogens with zero attached hydrogens (tertiary/aromatic N) is 2. The molecule has 0 aromatic heterocycles. The van der Waals surface area contributed by atoms with Gasteiger partial charge in [-0.25, -0.2) is 0 Å². The number of nitrogens with one attached hydrogen (secondary N) is 2. The van der Waals surface area contributed by atoms with Gasteiger partial charge in [-0.2, -0.15) is 0 Å². The zero-order valence-electron chi connectivity index (χ0n) is 16.5. The number of carbonyl (C=O) groups excluding carboxylic acids is 1. The van der Waals surface area contributed by atoms with Gasteiger partial charge in [-0.3, -0.25) is 14.0 Å². The Bertz CT molecular complexity index is 516. The molecule has 2 fully saturated rings. The van der Waals surface area contributed by atoms with Crippen LogP contribution in [-0.2, 0) is 15.6 Å². The van der Waals surface area contributed by atoms with E-state index < -0.39 is 10.8 Å². The summed E-state index contributed by atoms with van der Waals surface area (Å²) in [5.74, 6) is 1.92. The number of guanidine groups is 1. The maximum absolute atomic E-state index is 12.5. The predicted molar refractivity (Wildman–Crippen MR) is 120 cm³/mol. The molecule has 0 aromatic carbocycles. The van der Waals surface area contributed by atoms with Crippen molar-refractivity contribution in [3.8, 4) is 0 Å². The van der Waals surface area contributed by atoms with Crippen molar-refractivity contribution in [2.24, 2.45) is 10.9 Å². The smallest absolute Gasteiger partial charge is 0.225 e. The Morgan fingerprint density at radius 1 is 1.23 bits per heavy atom. The molecular formula is C18H35IN4O2S. The number of likely N-dealkylation sites (tertiary alicyclic amines) is 1. The van der Waals surface area contributed by atoms with Gasteiger partial charge in [0, 0.05) is 59.9 Å². The maximum Gasteiger partial charge on any atom is 0.225 e. The number of aliphatic imine (C=N–C) groups is 1. The highest BCUT2D eigenvalue weighted by Gasteiger charge is 2.32. The molecule has 1 heterocycles. The van der Waals surface area contributed by atoms with E-state index >= 15 is 0 Å². The van der Waals surface area contributed by atoms with Gasteiger partial charge in [-0.05, 0) is 40.0 Å². The van der Waals surface area contributed by atoms with Crippen molar-refractivity contribution < 1.29 is 9.00 Å². The second-order valence-corrected chi connectivity index (χ2v) is 10.4. The lowest BCUT2D eigenvalue weighted by Crippen LogP contribution is -2.46. The Hall–Kier alpha value is -0.380. The summed E-state index contributed by atoms with van der Waals surface area (Å²) in [5, 5.41) is 6.64. The summed E-state index contributed by atoms with van der Waals surface area (Å²) in [6.07, 6.45) is 5.45. The molecule has 152 valence electrons. The minimum absolute atomic E-state index is 0. The van der Waals surface area contributed by atoms with E-state index in [-0.39, 0.29) is 40.7 Å². The van der Waals surface area contributed by atoms with E-state index in [0.29, 0.717) is 18.2 Å². The van der Waals surface area contributed by atoms with E-state index in [2.05, 4.69) is 15.6 Å². The zero-order chi connectivity index (χ0) is 18.4. The average Bonchev–Trinajstić information content (AvgIpc) is 3.24. The van der Waals surface area contributed by atoms with Gasteiger partial charge in [0.15, 0.2) is 5.96 Å². The van der Waals surface area contributed by atoms with Crippen molar-refractivity contribution in [1.82, 2.24) is 15.5 Å². The first-order valence-corrected chi connectivity index (χ1v) is 10.8. The predicted octanol–water partition coefficient (Wildman–Crippen LogP) is 2.11. The summed E-state index contributed by atoms with van der Waals surface area (Å²) < 4.78 is 11.9. The highest BCUT2D eigenvalue weighted by molar-refractivity contribution is 14.0. The third-order valence-corrected chi connectivity index (χ3v) is 6.97. The maximum atomic E-state index is 12.5. The number of hydrogen-bond donors (Lipinski definition) is 2. The summed E-state index contributed by atoms with van der Waals surface area (Å²) in [7, 11) is 0.871. The molecule has 6 nitrogen and oxygen atoms in total. The fourth-order valence-electron chi connectivity index (χ4n) is 3.47. The molecule has 2 unspecified atom stereocenters. The molecule has 2 N–H and O–H groups in total. The average molecular weight is 498 g/mol. The first kappa shape index (κ1) is 23.7. The Kier molecular flexibility index (Phi) is 9.85. The third-order valence-electron chi connectivity index (χ3n) is 5.03. The van der Waals surface area contributed by atoms with Crippen LogP contribution in [0, 0.1) is 5.92 Å². The van der Waals surface area contributed by atoms with E-state index in [9.17, 15) is 9.00 Å². The standard InChI is InChI=1S/C18H34N4O2S.HI/c1-18(2,3)25(24)12-10-20-17(19-4)21-15-9-11-22(13-15)16(23)14-7-5-6-8-14;/h14-15H,5-13H2,1-4H3,(H2,19,20,21);1H. The number of hydrogen-bond acceptors (Lipinski definition) is 3. The van der Waals surface area contributed by atoms with Gasteiger partial charge in [-0.15, -0.1) is 24.0 Å². The normalized spacial score (nSPS) is 22.8. The van der Waals surface area contributed by atoms with Gasteiger partial charge >= 0.3 is 0 Å². The van der Waals surface area contributed by atoms with Gasteiger partial charge in [-0.1, -0.05) is 12.8 Å². The second kappa shape index (κ2) is 10.8. The van der Waals surface area contributed by atoms with E-state index in [4.69, 9.17) is 0 Å². The Labute approximate surface area is 177 Å². The third kappa shape index (κ3) is 6.98. The van der Waals surface area contributed by atoms with Crippen molar-refractivity contribution >= 4 is 46.6 Å².